The molecular formula is C26H26LiNO. The van der Waals surface area contributed by atoms with Crippen LogP contribution in [-0.4, -0.2) is 31.1 Å². The predicted octanol–water partition coefficient (Wildman–Crippen LogP) is 2.55. The van der Waals surface area contributed by atoms with Crippen LogP contribution in [0.1, 0.15) is 30.0 Å². The van der Waals surface area contributed by atoms with Crippen molar-refractivity contribution in [2.24, 2.45) is 0 Å². The maximum Gasteiger partial charge on any atom is 1.00 e. The van der Waals surface area contributed by atoms with Crippen LogP contribution < -0.4 is 23.6 Å². The maximum atomic E-state index is 5.91. The summed E-state index contributed by atoms with van der Waals surface area (Å²) in [4.78, 5) is 2.37. The van der Waals surface area contributed by atoms with Crippen molar-refractivity contribution in [3.63, 3.8) is 0 Å². The quantitative estimate of drug-likeness (QED) is 0.260. The van der Waals surface area contributed by atoms with Crippen molar-refractivity contribution in [3.05, 3.63) is 102 Å². The largest absolute Gasteiger partial charge is 1.00 e. The van der Waals surface area contributed by atoms with Gasteiger partial charge < -0.3 is 4.74 Å². The summed E-state index contributed by atoms with van der Waals surface area (Å²) in [7, 11) is 0. The number of hydrogen-bond acceptors (Lipinski definition) is 2. The Hall–Kier alpha value is -2.24. The van der Waals surface area contributed by atoms with Gasteiger partial charge >= 0.3 is 18.9 Å². The molecule has 142 valence electrons. The van der Waals surface area contributed by atoms with Gasteiger partial charge in [0, 0.05) is 19.6 Å². The van der Waals surface area contributed by atoms with Crippen LogP contribution in [0, 0.1) is 6.07 Å². The van der Waals surface area contributed by atoms with Gasteiger partial charge in [-0.25, -0.2) is 0 Å². The van der Waals surface area contributed by atoms with Crippen LogP contribution >= 0.6 is 0 Å². The molecule has 1 fully saturated rings. The van der Waals surface area contributed by atoms with E-state index in [1.807, 2.05) is 12.1 Å². The number of hydrogen-bond donors (Lipinski definition) is 0. The molecule has 1 aliphatic heterocycles. The molecule has 1 heterocycles. The first kappa shape index (κ1) is 21.5. The van der Waals surface area contributed by atoms with E-state index in [4.69, 9.17) is 4.74 Å². The Morgan fingerprint density at radius 1 is 0.862 bits per heavy atom. The SMILES string of the molecule is CC/C(=C(\c1cc[c-]cc1)c1ccc(OCCN2CC2)cc1)c1ccccc1.[Li+]. The Labute approximate surface area is 186 Å². The van der Waals surface area contributed by atoms with Gasteiger partial charge in [0.05, 0.1) is 0 Å². The summed E-state index contributed by atoms with van der Waals surface area (Å²) in [6, 6.07) is 30.6. The summed E-state index contributed by atoms with van der Waals surface area (Å²) in [5.41, 5.74) is 6.33. The second-order valence-electron chi connectivity index (χ2n) is 7.08. The molecule has 0 aromatic heterocycles. The van der Waals surface area contributed by atoms with Gasteiger partial charge in [-0.05, 0) is 40.8 Å². The predicted molar refractivity (Wildman–Crippen MR) is 116 cm³/mol. The molecule has 0 bridgehead atoms. The fourth-order valence-electron chi connectivity index (χ4n) is 3.54. The number of allylic oxidation sites excluding steroid dienone is 1. The molecule has 0 radical (unpaired) electrons. The Kier molecular flexibility index (Phi) is 7.78. The third-order valence-corrected chi connectivity index (χ3v) is 5.14. The van der Waals surface area contributed by atoms with E-state index < -0.39 is 0 Å². The van der Waals surface area contributed by atoms with Crippen LogP contribution in [0.2, 0.25) is 0 Å². The molecule has 1 aliphatic rings. The molecule has 3 aromatic rings. The molecule has 3 heteroatoms. The fraction of sp³-hybridized carbons (Fsp3) is 0.231. The number of benzene rings is 3. The zero-order chi connectivity index (χ0) is 19.2. The van der Waals surface area contributed by atoms with Crippen LogP contribution in [0.25, 0.3) is 11.1 Å². The summed E-state index contributed by atoms with van der Waals surface area (Å²) in [6.07, 6.45) is 0.964. The van der Waals surface area contributed by atoms with E-state index in [-0.39, 0.29) is 18.9 Å². The van der Waals surface area contributed by atoms with Gasteiger partial charge in [0.2, 0.25) is 0 Å². The van der Waals surface area contributed by atoms with Gasteiger partial charge in [0.25, 0.3) is 0 Å². The molecule has 1 saturated heterocycles. The second-order valence-corrected chi connectivity index (χ2v) is 7.08. The first-order valence-corrected chi connectivity index (χ1v) is 10.1. The van der Waals surface area contributed by atoms with Crippen molar-refractivity contribution >= 4 is 11.1 Å². The molecule has 0 amide bonds. The van der Waals surface area contributed by atoms with E-state index in [1.165, 1.54) is 40.9 Å². The second kappa shape index (κ2) is 10.5. The van der Waals surface area contributed by atoms with Gasteiger partial charge in [-0.15, -0.1) is 5.56 Å². The zero-order valence-electron chi connectivity index (χ0n) is 17.4. The van der Waals surface area contributed by atoms with Crippen molar-refractivity contribution in [1.29, 1.82) is 0 Å². The van der Waals surface area contributed by atoms with Crippen molar-refractivity contribution in [2.45, 2.75) is 13.3 Å². The van der Waals surface area contributed by atoms with Gasteiger partial charge in [-0.2, -0.15) is 30.3 Å². The minimum absolute atomic E-state index is 0. The smallest absolute Gasteiger partial charge is 0.492 e. The average Bonchev–Trinajstić information content (AvgIpc) is 3.58. The third kappa shape index (κ3) is 5.64. The molecule has 3 aromatic carbocycles. The molecule has 0 aliphatic carbocycles. The molecule has 0 unspecified atom stereocenters. The van der Waals surface area contributed by atoms with E-state index >= 15 is 0 Å². The maximum absolute atomic E-state index is 5.91. The average molecular weight is 375 g/mol. The van der Waals surface area contributed by atoms with Crippen LogP contribution in [0.5, 0.6) is 5.75 Å². The van der Waals surface area contributed by atoms with E-state index in [2.05, 4.69) is 84.6 Å². The number of ether oxygens (including phenoxy) is 1. The fourth-order valence-corrected chi connectivity index (χ4v) is 3.54. The summed E-state index contributed by atoms with van der Waals surface area (Å²) in [5.74, 6) is 0.934. The molecule has 0 N–H and O–H groups in total. The van der Waals surface area contributed by atoms with Crippen molar-refractivity contribution in [2.75, 3.05) is 26.2 Å². The first-order chi connectivity index (χ1) is 13.8. The minimum Gasteiger partial charge on any atom is -0.492 e. The van der Waals surface area contributed by atoms with E-state index in [1.54, 1.807) is 0 Å². The molecule has 0 spiro atoms. The Morgan fingerprint density at radius 3 is 2.14 bits per heavy atom. The van der Waals surface area contributed by atoms with Crippen molar-refractivity contribution in [1.82, 2.24) is 4.90 Å². The van der Waals surface area contributed by atoms with Gasteiger partial charge in [0.15, 0.2) is 0 Å². The normalized spacial score (nSPS) is 14.0. The Bertz CT molecular complexity index is 916. The zero-order valence-corrected chi connectivity index (χ0v) is 17.4. The van der Waals surface area contributed by atoms with Crippen LogP contribution in [0.4, 0.5) is 0 Å². The van der Waals surface area contributed by atoms with Crippen LogP contribution in [0.15, 0.2) is 78.9 Å². The number of nitrogens with zero attached hydrogens (tertiary/aromatic N) is 1. The molecule has 0 saturated carbocycles. The summed E-state index contributed by atoms with van der Waals surface area (Å²) >= 11 is 0. The van der Waals surface area contributed by atoms with Gasteiger partial charge in [0.1, 0.15) is 12.4 Å². The summed E-state index contributed by atoms with van der Waals surface area (Å²) < 4.78 is 5.91. The molecule has 4 rings (SSSR count). The molecule has 2 nitrogen and oxygen atoms in total. The summed E-state index contributed by atoms with van der Waals surface area (Å²) in [6.45, 7) is 6.42. The van der Waals surface area contributed by atoms with E-state index in [9.17, 15) is 0 Å². The topological polar surface area (TPSA) is 12.2 Å². The monoisotopic (exact) mass is 375 g/mol. The first-order valence-electron chi connectivity index (χ1n) is 10.1. The molecular weight excluding hydrogens is 349 g/mol. The Morgan fingerprint density at radius 2 is 1.52 bits per heavy atom. The van der Waals surface area contributed by atoms with Crippen molar-refractivity contribution < 1.29 is 23.6 Å². The molecule has 0 atom stereocenters. The standard InChI is InChI=1S/C26H26NO.Li/c1-2-25(21-9-5-3-6-10-21)26(22-11-7-4-8-12-22)23-13-15-24(16-14-23)28-20-19-27-17-18-27;/h3,5-16H,2,17-20H2,1H3;/q-1;+1/b26-25-;. The van der Waals surface area contributed by atoms with Crippen LogP contribution in [-0.2, 0) is 0 Å². The van der Waals surface area contributed by atoms with Crippen LogP contribution in [0.3, 0.4) is 0 Å². The van der Waals surface area contributed by atoms with Crippen molar-refractivity contribution in [3.8, 4) is 5.75 Å². The van der Waals surface area contributed by atoms with Gasteiger partial charge in [-0.1, -0.05) is 49.4 Å². The van der Waals surface area contributed by atoms with Gasteiger partial charge in [-0.3, -0.25) is 4.90 Å². The minimum atomic E-state index is 0. The van der Waals surface area contributed by atoms with E-state index in [0.717, 1.165) is 25.3 Å². The van der Waals surface area contributed by atoms with E-state index in [0.29, 0.717) is 0 Å². The number of rotatable bonds is 8. The third-order valence-electron chi connectivity index (χ3n) is 5.14. The summed E-state index contributed by atoms with van der Waals surface area (Å²) in [5, 5.41) is 0. The molecule has 29 heavy (non-hydrogen) atoms. The Balaban J connectivity index is 0.00000240.